The molecule has 0 amide bonds. The van der Waals surface area contributed by atoms with Gasteiger partial charge < -0.3 is 10.2 Å². The number of aliphatic carboxylic acids is 1. The molecule has 1 atom stereocenters. The Balaban J connectivity index is 2.88. The van der Waals surface area contributed by atoms with Crippen molar-refractivity contribution in [2.24, 2.45) is 0 Å². The highest BCUT2D eigenvalue weighted by atomic mass is 19.4. The standard InChI is InChI=1S/C8H7F3O3/c9-8(10,11)7(14)3-1-5(2-4-7)6(12)13/h1-3,14H,4H2,(H,12,13). The Kier molecular flexibility index (Phi) is 2.41. The van der Waals surface area contributed by atoms with E-state index in [0.717, 1.165) is 12.2 Å². The third-order valence-electron chi connectivity index (χ3n) is 1.91. The second kappa shape index (κ2) is 3.13. The molecule has 14 heavy (non-hydrogen) atoms. The summed E-state index contributed by atoms with van der Waals surface area (Å²) < 4.78 is 36.5. The van der Waals surface area contributed by atoms with Crippen LogP contribution in [0.5, 0.6) is 0 Å². The Morgan fingerprint density at radius 2 is 2.07 bits per heavy atom. The highest BCUT2D eigenvalue weighted by Crippen LogP contribution is 2.37. The highest BCUT2D eigenvalue weighted by Gasteiger charge is 2.52. The van der Waals surface area contributed by atoms with Crippen molar-refractivity contribution in [3.8, 4) is 0 Å². The molecule has 0 spiro atoms. The Morgan fingerprint density at radius 1 is 1.50 bits per heavy atom. The Hall–Kier alpha value is -1.30. The Bertz CT molecular complexity index is 316. The van der Waals surface area contributed by atoms with Crippen LogP contribution in [0.4, 0.5) is 13.2 Å². The number of carboxylic acid groups (broad SMARTS) is 1. The van der Waals surface area contributed by atoms with E-state index in [9.17, 15) is 18.0 Å². The Morgan fingerprint density at radius 3 is 2.36 bits per heavy atom. The molecule has 0 aliphatic heterocycles. The van der Waals surface area contributed by atoms with E-state index in [1.54, 1.807) is 0 Å². The van der Waals surface area contributed by atoms with Crippen LogP contribution in [0.2, 0.25) is 0 Å². The number of hydrogen-bond acceptors (Lipinski definition) is 2. The molecule has 0 bridgehead atoms. The normalized spacial score (nSPS) is 27.3. The summed E-state index contributed by atoms with van der Waals surface area (Å²) in [6.45, 7) is 0. The smallest absolute Gasteiger partial charge is 0.421 e. The third kappa shape index (κ3) is 1.79. The van der Waals surface area contributed by atoms with E-state index in [0.29, 0.717) is 6.08 Å². The largest absolute Gasteiger partial charge is 0.478 e. The molecule has 1 aliphatic carbocycles. The van der Waals surface area contributed by atoms with Crippen LogP contribution >= 0.6 is 0 Å². The zero-order chi connectivity index (χ0) is 11.0. The first-order chi connectivity index (χ1) is 6.26. The van der Waals surface area contributed by atoms with E-state index < -0.39 is 24.2 Å². The molecule has 1 rings (SSSR count). The first-order valence-electron chi connectivity index (χ1n) is 3.68. The van der Waals surface area contributed by atoms with Gasteiger partial charge in [0, 0.05) is 6.42 Å². The minimum atomic E-state index is -4.79. The molecule has 0 aromatic carbocycles. The summed E-state index contributed by atoms with van der Waals surface area (Å²) >= 11 is 0. The zero-order valence-corrected chi connectivity index (χ0v) is 6.88. The van der Waals surface area contributed by atoms with Crippen molar-refractivity contribution >= 4 is 5.97 Å². The van der Waals surface area contributed by atoms with Crippen molar-refractivity contribution in [2.45, 2.75) is 18.2 Å². The van der Waals surface area contributed by atoms with Crippen LogP contribution in [0, 0.1) is 0 Å². The maximum atomic E-state index is 12.2. The van der Waals surface area contributed by atoms with Gasteiger partial charge in [0.25, 0.3) is 0 Å². The summed E-state index contributed by atoms with van der Waals surface area (Å²) in [7, 11) is 0. The molecule has 0 aromatic heterocycles. The molecular formula is C8H7F3O3. The number of rotatable bonds is 1. The topological polar surface area (TPSA) is 57.5 Å². The van der Waals surface area contributed by atoms with Crippen LogP contribution < -0.4 is 0 Å². The maximum absolute atomic E-state index is 12.2. The van der Waals surface area contributed by atoms with Gasteiger partial charge in [0.05, 0.1) is 5.57 Å². The lowest BCUT2D eigenvalue weighted by Gasteiger charge is -2.28. The lowest BCUT2D eigenvalue weighted by molar-refractivity contribution is -0.238. The second-order valence-corrected chi connectivity index (χ2v) is 2.92. The predicted octanol–water partition coefficient (Wildman–Crippen LogP) is 1.25. The lowest BCUT2D eigenvalue weighted by Crippen LogP contribution is -2.43. The molecule has 1 aliphatic rings. The van der Waals surface area contributed by atoms with Crippen molar-refractivity contribution in [3.05, 3.63) is 23.8 Å². The van der Waals surface area contributed by atoms with E-state index in [2.05, 4.69) is 0 Å². The molecule has 6 heteroatoms. The van der Waals surface area contributed by atoms with E-state index in [-0.39, 0.29) is 5.57 Å². The number of alkyl halides is 3. The second-order valence-electron chi connectivity index (χ2n) is 2.92. The van der Waals surface area contributed by atoms with Crippen LogP contribution in [0.3, 0.4) is 0 Å². The maximum Gasteiger partial charge on any atom is 0.421 e. The summed E-state index contributed by atoms with van der Waals surface area (Å²) in [6, 6.07) is 0. The molecule has 1 unspecified atom stereocenters. The molecule has 0 aromatic rings. The zero-order valence-electron chi connectivity index (χ0n) is 6.88. The minimum absolute atomic E-state index is 0.251. The van der Waals surface area contributed by atoms with E-state index in [1.165, 1.54) is 0 Å². The fourth-order valence-electron chi connectivity index (χ4n) is 0.998. The van der Waals surface area contributed by atoms with Crippen LogP contribution in [0.1, 0.15) is 6.42 Å². The van der Waals surface area contributed by atoms with Gasteiger partial charge in [-0.05, 0) is 12.2 Å². The van der Waals surface area contributed by atoms with Crippen molar-refractivity contribution < 1.29 is 28.2 Å². The SMILES string of the molecule is O=C(O)C1=CCC(O)(C(F)(F)F)C=C1. The quantitative estimate of drug-likeness (QED) is 0.681. The molecule has 0 heterocycles. The average Bonchev–Trinajstić information content (AvgIpc) is 2.03. The fourth-order valence-corrected chi connectivity index (χ4v) is 0.998. The van der Waals surface area contributed by atoms with Crippen LogP contribution in [0.15, 0.2) is 23.8 Å². The fraction of sp³-hybridized carbons (Fsp3) is 0.375. The lowest BCUT2D eigenvalue weighted by atomic mass is 9.91. The number of halogens is 3. The number of carboxylic acids is 1. The van der Waals surface area contributed by atoms with Gasteiger partial charge in [-0.25, -0.2) is 4.79 Å². The number of aliphatic hydroxyl groups is 1. The predicted molar refractivity (Wildman–Crippen MR) is 40.5 cm³/mol. The van der Waals surface area contributed by atoms with Crippen molar-refractivity contribution in [3.63, 3.8) is 0 Å². The van der Waals surface area contributed by atoms with Crippen molar-refractivity contribution in [2.75, 3.05) is 0 Å². The van der Waals surface area contributed by atoms with E-state index in [4.69, 9.17) is 10.2 Å². The molecule has 78 valence electrons. The van der Waals surface area contributed by atoms with Gasteiger partial charge in [-0.1, -0.05) is 6.08 Å². The Labute approximate surface area is 77.2 Å². The molecule has 0 fully saturated rings. The summed E-state index contributed by atoms with van der Waals surface area (Å²) in [6.07, 6.45) is -3.51. The van der Waals surface area contributed by atoms with E-state index >= 15 is 0 Å². The first kappa shape index (κ1) is 10.8. The monoisotopic (exact) mass is 208 g/mol. The minimum Gasteiger partial charge on any atom is -0.478 e. The van der Waals surface area contributed by atoms with Gasteiger partial charge in [0.2, 0.25) is 0 Å². The van der Waals surface area contributed by atoms with Gasteiger partial charge in [-0.2, -0.15) is 13.2 Å². The molecule has 0 saturated carbocycles. The molecule has 3 nitrogen and oxygen atoms in total. The molecule has 0 saturated heterocycles. The van der Waals surface area contributed by atoms with Crippen molar-refractivity contribution in [1.82, 2.24) is 0 Å². The highest BCUT2D eigenvalue weighted by molar-refractivity contribution is 5.90. The van der Waals surface area contributed by atoms with Gasteiger partial charge in [0.1, 0.15) is 0 Å². The summed E-state index contributed by atoms with van der Waals surface area (Å²) in [5.41, 5.74) is -3.19. The first-order valence-corrected chi connectivity index (χ1v) is 3.68. The van der Waals surface area contributed by atoms with Gasteiger partial charge >= 0.3 is 12.1 Å². The average molecular weight is 208 g/mol. The summed E-state index contributed by atoms with van der Waals surface area (Å²) in [4.78, 5) is 10.3. The number of hydrogen-bond donors (Lipinski definition) is 2. The summed E-state index contributed by atoms with van der Waals surface area (Å²) in [5.74, 6) is -1.31. The van der Waals surface area contributed by atoms with Crippen molar-refractivity contribution in [1.29, 1.82) is 0 Å². The van der Waals surface area contributed by atoms with Crippen LogP contribution in [0.25, 0.3) is 0 Å². The molecule has 0 radical (unpaired) electrons. The van der Waals surface area contributed by atoms with Gasteiger partial charge in [0.15, 0.2) is 5.60 Å². The third-order valence-corrected chi connectivity index (χ3v) is 1.91. The molecular weight excluding hydrogens is 201 g/mol. The van der Waals surface area contributed by atoms with Gasteiger partial charge in [-0.3, -0.25) is 0 Å². The number of carbonyl (C=O) groups is 1. The van der Waals surface area contributed by atoms with Crippen LogP contribution in [-0.4, -0.2) is 28.0 Å². The molecule has 2 N–H and O–H groups in total. The summed E-state index contributed by atoms with van der Waals surface area (Å²) in [5, 5.41) is 17.5. The van der Waals surface area contributed by atoms with Crippen LogP contribution in [-0.2, 0) is 4.79 Å². The van der Waals surface area contributed by atoms with Gasteiger partial charge in [-0.15, -0.1) is 0 Å². The van der Waals surface area contributed by atoms with E-state index in [1.807, 2.05) is 0 Å².